The molecule has 0 bridgehead atoms. The number of aromatic amines is 1. The number of hydrogen-bond donors (Lipinski definition) is 4. The van der Waals surface area contributed by atoms with Gasteiger partial charge in [-0.3, -0.25) is 14.9 Å². The molecule has 9 nitrogen and oxygen atoms in total. The van der Waals surface area contributed by atoms with Crippen LogP contribution in [0.15, 0.2) is 0 Å². The Morgan fingerprint density at radius 2 is 1.48 bits per heavy atom. The molecule has 0 aliphatic carbocycles. The average Bonchev–Trinajstić information content (AvgIpc) is 2.77. The second-order valence-corrected chi connectivity index (χ2v) is 7.62. The maximum Gasteiger partial charge on any atom is 1.00 e. The molecule has 0 unspecified atom stereocenters. The van der Waals surface area contributed by atoms with Gasteiger partial charge in [-0.15, -0.1) is 0 Å². The van der Waals surface area contributed by atoms with Crippen LogP contribution < -0.4 is 67.8 Å². The number of carbonyl (C=O) groups is 2. The quantitative estimate of drug-likeness (QED) is 0.499. The molecule has 0 aliphatic heterocycles. The third-order valence-electron chi connectivity index (χ3n) is 3.19. The van der Waals surface area contributed by atoms with Crippen molar-refractivity contribution in [3.05, 3.63) is 0 Å². The number of imidazole rings is 1. The summed E-state index contributed by atoms with van der Waals surface area (Å²) in [5.74, 6) is -0.0708. The summed E-state index contributed by atoms with van der Waals surface area (Å²) in [7, 11) is 0. The summed E-state index contributed by atoms with van der Waals surface area (Å²) in [6.07, 6.45) is 0. The third kappa shape index (κ3) is 5.45. The number of H-pyrrole nitrogens is 1. The van der Waals surface area contributed by atoms with E-state index in [4.69, 9.17) is 5.73 Å². The standard InChI is InChI=1S/C15H23N7O2.K.H/c1-14(2,3)10(23)18-8-7-9(19-12(16)17-7)21-13(20-8)22-11(24)15(4,5)6;;/h1-6H3,(H5,16,17,18,19,20,21,22,23,24);;/q;+1;-1. The minimum absolute atomic E-state index is 0. The molecule has 10 heteroatoms. The topological polar surface area (TPSA) is 139 Å². The zero-order valence-electron chi connectivity index (χ0n) is 16.7. The van der Waals surface area contributed by atoms with Gasteiger partial charge in [-0.25, -0.2) is 0 Å². The molecular formula is C15H24KN7O2. The van der Waals surface area contributed by atoms with Crippen LogP contribution in [0.1, 0.15) is 43.0 Å². The molecule has 0 saturated carbocycles. The van der Waals surface area contributed by atoms with Crippen LogP contribution in [0.2, 0.25) is 0 Å². The van der Waals surface area contributed by atoms with Crippen LogP contribution in [-0.4, -0.2) is 31.8 Å². The molecule has 0 radical (unpaired) electrons. The first-order valence-electron chi connectivity index (χ1n) is 7.54. The van der Waals surface area contributed by atoms with Gasteiger partial charge in [-0.05, 0) is 0 Å². The van der Waals surface area contributed by atoms with Crippen molar-refractivity contribution >= 4 is 40.7 Å². The SMILES string of the molecule is CC(C)(C)C(=O)Nc1nc(NC(=O)C(C)(C)C)c2[nH]c(N)nc2n1.[H-].[K+]. The molecule has 2 amide bonds. The van der Waals surface area contributed by atoms with Crippen LogP contribution in [0.3, 0.4) is 0 Å². The summed E-state index contributed by atoms with van der Waals surface area (Å²) in [6.45, 7) is 10.7. The Kier molecular flexibility index (Phi) is 6.73. The Balaban J connectivity index is 0.00000312. The third-order valence-corrected chi connectivity index (χ3v) is 3.19. The zero-order valence-corrected chi connectivity index (χ0v) is 18.9. The fraction of sp³-hybridized carbons (Fsp3) is 0.533. The van der Waals surface area contributed by atoms with E-state index in [2.05, 4.69) is 30.6 Å². The van der Waals surface area contributed by atoms with E-state index in [9.17, 15) is 9.59 Å². The van der Waals surface area contributed by atoms with Crippen LogP contribution in [0, 0.1) is 10.8 Å². The molecule has 2 aromatic heterocycles. The van der Waals surface area contributed by atoms with E-state index in [-0.39, 0.29) is 88.0 Å². The van der Waals surface area contributed by atoms with Crippen LogP contribution in [0.5, 0.6) is 0 Å². The Morgan fingerprint density at radius 3 is 2.00 bits per heavy atom. The maximum absolute atomic E-state index is 12.3. The van der Waals surface area contributed by atoms with Crippen molar-refractivity contribution in [2.45, 2.75) is 41.5 Å². The van der Waals surface area contributed by atoms with Crippen molar-refractivity contribution in [3.8, 4) is 0 Å². The van der Waals surface area contributed by atoms with Crippen molar-refractivity contribution in [1.82, 2.24) is 19.9 Å². The van der Waals surface area contributed by atoms with E-state index in [1.165, 1.54) is 0 Å². The van der Waals surface area contributed by atoms with Crippen LogP contribution in [0.4, 0.5) is 17.7 Å². The van der Waals surface area contributed by atoms with E-state index in [0.717, 1.165) is 0 Å². The Morgan fingerprint density at radius 1 is 0.960 bits per heavy atom. The molecule has 0 aromatic carbocycles. The van der Waals surface area contributed by atoms with Crippen molar-refractivity contribution in [2.75, 3.05) is 16.4 Å². The van der Waals surface area contributed by atoms with Crippen LogP contribution in [-0.2, 0) is 9.59 Å². The summed E-state index contributed by atoms with van der Waals surface area (Å²) >= 11 is 0. The minimum atomic E-state index is -0.613. The second-order valence-electron chi connectivity index (χ2n) is 7.62. The van der Waals surface area contributed by atoms with Crippen LogP contribution >= 0.6 is 0 Å². The predicted molar refractivity (Wildman–Crippen MR) is 93.4 cm³/mol. The number of fused-ring (bicyclic) bond motifs is 1. The van der Waals surface area contributed by atoms with Crippen molar-refractivity contribution in [3.63, 3.8) is 0 Å². The van der Waals surface area contributed by atoms with Gasteiger partial charge in [0, 0.05) is 10.8 Å². The molecule has 0 saturated heterocycles. The first-order valence-corrected chi connectivity index (χ1v) is 7.54. The molecule has 5 N–H and O–H groups in total. The van der Waals surface area contributed by atoms with E-state index < -0.39 is 10.8 Å². The molecule has 2 aromatic rings. The average molecular weight is 374 g/mol. The number of nitrogens with two attached hydrogens (primary N) is 1. The Bertz CT molecular complexity index is 809. The number of anilines is 3. The van der Waals surface area contributed by atoms with E-state index in [1.54, 1.807) is 41.5 Å². The second kappa shape index (κ2) is 7.66. The van der Waals surface area contributed by atoms with Crippen molar-refractivity contribution in [1.29, 1.82) is 0 Å². The number of nitrogens with zero attached hydrogens (tertiary/aromatic N) is 3. The van der Waals surface area contributed by atoms with Gasteiger partial charge in [0.2, 0.25) is 17.8 Å². The number of nitrogens with one attached hydrogen (secondary N) is 3. The van der Waals surface area contributed by atoms with Gasteiger partial charge in [0.1, 0.15) is 5.52 Å². The fourth-order valence-corrected chi connectivity index (χ4v) is 1.65. The van der Waals surface area contributed by atoms with Gasteiger partial charge in [0.15, 0.2) is 17.4 Å². The Hall–Kier alpha value is -1.07. The van der Waals surface area contributed by atoms with E-state index in [0.29, 0.717) is 5.52 Å². The number of hydrogen-bond acceptors (Lipinski definition) is 6. The van der Waals surface area contributed by atoms with Gasteiger partial charge in [0.05, 0.1) is 0 Å². The van der Waals surface area contributed by atoms with Gasteiger partial charge in [-0.1, -0.05) is 41.5 Å². The van der Waals surface area contributed by atoms with Gasteiger partial charge in [-0.2, -0.15) is 15.0 Å². The van der Waals surface area contributed by atoms with E-state index in [1.807, 2.05) is 0 Å². The molecule has 0 atom stereocenters. The maximum atomic E-state index is 12.3. The summed E-state index contributed by atoms with van der Waals surface area (Å²) in [5.41, 5.74) is 5.10. The first kappa shape index (κ1) is 22.0. The number of nitrogen functional groups attached to an aromatic ring is 1. The van der Waals surface area contributed by atoms with Gasteiger partial charge in [0.25, 0.3) is 0 Å². The van der Waals surface area contributed by atoms with Crippen LogP contribution in [0.25, 0.3) is 11.2 Å². The molecule has 132 valence electrons. The first-order chi connectivity index (χ1) is 10.9. The fourth-order valence-electron chi connectivity index (χ4n) is 1.65. The van der Waals surface area contributed by atoms with Gasteiger partial charge < -0.3 is 17.5 Å². The van der Waals surface area contributed by atoms with Gasteiger partial charge >= 0.3 is 51.4 Å². The zero-order chi connectivity index (χ0) is 18.3. The smallest absolute Gasteiger partial charge is 1.00 e. The van der Waals surface area contributed by atoms with Crippen molar-refractivity contribution in [2.24, 2.45) is 10.8 Å². The van der Waals surface area contributed by atoms with E-state index >= 15 is 0 Å². The monoisotopic (exact) mass is 373 g/mol. The normalized spacial score (nSPS) is 11.8. The molecule has 0 fully saturated rings. The van der Waals surface area contributed by atoms with Crippen molar-refractivity contribution < 1.29 is 62.4 Å². The number of amides is 2. The summed E-state index contributed by atoms with van der Waals surface area (Å²) in [4.78, 5) is 39.6. The molecular weight excluding hydrogens is 349 g/mol. The summed E-state index contributed by atoms with van der Waals surface area (Å²) < 4.78 is 0. The minimum Gasteiger partial charge on any atom is -1.00 e. The summed E-state index contributed by atoms with van der Waals surface area (Å²) in [5, 5.41) is 5.35. The molecule has 0 aliphatic rings. The number of carbonyl (C=O) groups excluding carboxylic acids is 2. The molecule has 0 spiro atoms. The number of rotatable bonds is 2. The largest absolute Gasteiger partial charge is 1.00 e. The predicted octanol–water partition coefficient (Wildman–Crippen LogP) is -0.979. The molecule has 2 rings (SSSR count). The number of aromatic nitrogens is 4. The molecule has 25 heavy (non-hydrogen) atoms. The molecule has 2 heterocycles. The summed E-state index contributed by atoms with van der Waals surface area (Å²) in [6, 6.07) is 0. The Labute approximate surface area is 190 Å².